The van der Waals surface area contributed by atoms with Crippen LogP contribution in [-0.4, -0.2) is 20.4 Å². The number of nitrogens with one attached hydrogen (secondary N) is 1. The summed E-state index contributed by atoms with van der Waals surface area (Å²) in [5.41, 5.74) is 3.18. The first kappa shape index (κ1) is 15.4. The molecule has 0 fully saturated rings. The van der Waals surface area contributed by atoms with Gasteiger partial charge in [0.15, 0.2) is 5.75 Å². The Morgan fingerprint density at radius 2 is 1.87 bits per heavy atom. The maximum Gasteiger partial charge on any atom is 0.173 e. The number of hydrogen-bond acceptors (Lipinski definition) is 4. The van der Waals surface area contributed by atoms with Gasteiger partial charge in [0.1, 0.15) is 22.9 Å². The predicted octanol–water partition coefficient (Wildman–Crippen LogP) is 4.66. The van der Waals surface area contributed by atoms with E-state index in [1.165, 1.54) is 6.07 Å². The molecule has 1 aromatic heterocycles. The second-order valence-electron chi connectivity index (χ2n) is 5.23. The van der Waals surface area contributed by atoms with Crippen molar-refractivity contribution in [3.05, 3.63) is 52.1 Å². The number of nitrogens with zero attached hydrogens (tertiary/aromatic N) is 1. The second-order valence-corrected chi connectivity index (χ2v) is 6.08. The maximum absolute atomic E-state index is 10.1. The monoisotopic (exact) mass is 374 g/mol. The van der Waals surface area contributed by atoms with Crippen molar-refractivity contribution < 1.29 is 14.9 Å². The summed E-state index contributed by atoms with van der Waals surface area (Å²) in [6.45, 7) is 4.00. The Morgan fingerprint density at radius 1 is 1.09 bits per heavy atom. The van der Waals surface area contributed by atoms with Gasteiger partial charge in [0.2, 0.25) is 0 Å². The van der Waals surface area contributed by atoms with Crippen molar-refractivity contribution >= 4 is 15.9 Å². The van der Waals surface area contributed by atoms with Gasteiger partial charge in [-0.25, -0.2) is 0 Å². The highest BCUT2D eigenvalue weighted by Gasteiger charge is 2.17. The molecule has 2 aromatic carbocycles. The Bertz CT molecular complexity index is 874. The van der Waals surface area contributed by atoms with E-state index >= 15 is 0 Å². The van der Waals surface area contributed by atoms with Gasteiger partial charge in [-0.1, -0.05) is 12.1 Å². The van der Waals surface area contributed by atoms with E-state index in [0.717, 1.165) is 16.9 Å². The van der Waals surface area contributed by atoms with Crippen molar-refractivity contribution in [1.29, 1.82) is 0 Å². The molecule has 0 saturated heterocycles. The molecular formula is C17H15BrN2O3. The van der Waals surface area contributed by atoms with Crippen LogP contribution in [0.3, 0.4) is 0 Å². The van der Waals surface area contributed by atoms with Crippen molar-refractivity contribution in [3.8, 4) is 34.3 Å². The first-order valence-electron chi connectivity index (χ1n) is 6.96. The highest BCUT2D eigenvalue weighted by atomic mass is 79.9. The molecule has 0 bridgehead atoms. The van der Waals surface area contributed by atoms with Crippen LogP contribution in [0.1, 0.15) is 11.1 Å². The number of phenols is 2. The Labute approximate surface area is 141 Å². The summed E-state index contributed by atoms with van der Waals surface area (Å²) in [4.78, 5) is 0. The van der Waals surface area contributed by atoms with Gasteiger partial charge in [-0.2, -0.15) is 5.10 Å². The summed E-state index contributed by atoms with van der Waals surface area (Å²) in [6.07, 6.45) is 1.55. The van der Waals surface area contributed by atoms with E-state index in [1.807, 2.05) is 32.0 Å². The number of aromatic nitrogens is 2. The van der Waals surface area contributed by atoms with Crippen LogP contribution >= 0.6 is 15.9 Å². The van der Waals surface area contributed by atoms with Gasteiger partial charge >= 0.3 is 0 Å². The molecule has 6 heteroatoms. The van der Waals surface area contributed by atoms with Crippen LogP contribution < -0.4 is 4.74 Å². The molecule has 0 aliphatic rings. The van der Waals surface area contributed by atoms with Crippen molar-refractivity contribution in [2.45, 2.75) is 13.8 Å². The fourth-order valence-corrected chi connectivity index (χ4v) is 2.59. The molecule has 0 saturated carbocycles. The number of phenolic OH excluding ortho intramolecular Hbond substituents is 2. The van der Waals surface area contributed by atoms with E-state index in [2.05, 4.69) is 26.1 Å². The van der Waals surface area contributed by atoms with Crippen LogP contribution in [0.2, 0.25) is 0 Å². The van der Waals surface area contributed by atoms with Gasteiger partial charge in [0.25, 0.3) is 0 Å². The number of aromatic amines is 1. The molecule has 1 heterocycles. The Morgan fingerprint density at radius 3 is 2.65 bits per heavy atom. The number of aromatic hydroxyl groups is 2. The summed E-state index contributed by atoms with van der Waals surface area (Å²) in [7, 11) is 0. The summed E-state index contributed by atoms with van der Waals surface area (Å²) >= 11 is 3.24. The van der Waals surface area contributed by atoms with E-state index in [4.69, 9.17) is 4.74 Å². The van der Waals surface area contributed by atoms with Gasteiger partial charge in [0.05, 0.1) is 10.7 Å². The Hall–Kier alpha value is -2.47. The molecular weight excluding hydrogens is 360 g/mol. The standard InChI is InChI=1S/C17H15BrN2O3/c1-9-4-3-5-15(10(9)2)23-16-8-19-20-17(16)11-6-12(18)14(22)7-13(11)21/h3-8,21-22H,1-2H3,(H,19,20). The largest absolute Gasteiger partial charge is 0.507 e. The quantitative estimate of drug-likeness (QED) is 0.622. The van der Waals surface area contributed by atoms with Gasteiger partial charge < -0.3 is 14.9 Å². The van der Waals surface area contributed by atoms with E-state index in [1.54, 1.807) is 12.3 Å². The van der Waals surface area contributed by atoms with Crippen molar-refractivity contribution in [3.63, 3.8) is 0 Å². The first-order valence-corrected chi connectivity index (χ1v) is 7.76. The smallest absolute Gasteiger partial charge is 0.173 e. The van der Waals surface area contributed by atoms with Crippen molar-refractivity contribution in [2.24, 2.45) is 0 Å². The number of hydrogen-bond donors (Lipinski definition) is 3. The molecule has 0 atom stereocenters. The molecule has 0 spiro atoms. The number of aryl methyl sites for hydroxylation is 1. The molecule has 3 rings (SSSR count). The van der Waals surface area contributed by atoms with Gasteiger partial charge in [0, 0.05) is 11.6 Å². The molecule has 23 heavy (non-hydrogen) atoms. The van der Waals surface area contributed by atoms with Gasteiger partial charge in [-0.05, 0) is 53.0 Å². The van der Waals surface area contributed by atoms with Crippen molar-refractivity contribution in [2.75, 3.05) is 0 Å². The average molecular weight is 375 g/mol. The number of benzene rings is 2. The molecule has 0 aliphatic carbocycles. The molecule has 118 valence electrons. The van der Waals surface area contributed by atoms with Crippen LogP contribution in [0.5, 0.6) is 23.0 Å². The zero-order valence-corrected chi connectivity index (χ0v) is 14.2. The molecule has 0 radical (unpaired) electrons. The van der Waals surface area contributed by atoms with Crippen LogP contribution in [0.4, 0.5) is 0 Å². The summed E-state index contributed by atoms with van der Waals surface area (Å²) in [5.74, 6) is 1.11. The maximum atomic E-state index is 10.1. The minimum absolute atomic E-state index is 0.0391. The van der Waals surface area contributed by atoms with Crippen LogP contribution in [0, 0.1) is 13.8 Å². The number of halogens is 1. The Kier molecular flexibility index (Phi) is 4.00. The lowest BCUT2D eigenvalue weighted by molar-refractivity contribution is 0.448. The van der Waals surface area contributed by atoms with Gasteiger partial charge in [-0.3, -0.25) is 5.10 Å². The number of H-pyrrole nitrogens is 1. The lowest BCUT2D eigenvalue weighted by atomic mass is 10.1. The van der Waals surface area contributed by atoms with Crippen LogP contribution in [0.15, 0.2) is 41.0 Å². The highest BCUT2D eigenvalue weighted by Crippen LogP contribution is 2.41. The minimum Gasteiger partial charge on any atom is -0.507 e. The summed E-state index contributed by atoms with van der Waals surface area (Å²) in [5, 5.41) is 26.5. The molecule has 5 nitrogen and oxygen atoms in total. The van der Waals surface area contributed by atoms with E-state index in [0.29, 0.717) is 21.5 Å². The fourth-order valence-electron chi connectivity index (χ4n) is 2.25. The fraction of sp³-hybridized carbons (Fsp3) is 0.118. The minimum atomic E-state index is -0.0687. The lowest BCUT2D eigenvalue weighted by Crippen LogP contribution is -1.91. The van der Waals surface area contributed by atoms with Crippen LogP contribution in [0.25, 0.3) is 11.3 Å². The van der Waals surface area contributed by atoms with E-state index in [-0.39, 0.29) is 11.5 Å². The van der Waals surface area contributed by atoms with Crippen LogP contribution in [-0.2, 0) is 0 Å². The van der Waals surface area contributed by atoms with E-state index < -0.39 is 0 Å². The zero-order chi connectivity index (χ0) is 16.6. The van der Waals surface area contributed by atoms with Crippen molar-refractivity contribution in [1.82, 2.24) is 10.2 Å². The predicted molar refractivity (Wildman–Crippen MR) is 91.0 cm³/mol. The highest BCUT2D eigenvalue weighted by molar-refractivity contribution is 9.10. The number of ether oxygens (including phenoxy) is 1. The van der Waals surface area contributed by atoms with E-state index in [9.17, 15) is 10.2 Å². The topological polar surface area (TPSA) is 78.4 Å². The normalized spacial score (nSPS) is 10.7. The van der Waals surface area contributed by atoms with Gasteiger partial charge in [-0.15, -0.1) is 0 Å². The lowest BCUT2D eigenvalue weighted by Gasteiger charge is -2.11. The Balaban J connectivity index is 2.04. The molecule has 3 aromatic rings. The first-order chi connectivity index (χ1) is 11.0. The third-order valence-electron chi connectivity index (χ3n) is 3.71. The SMILES string of the molecule is Cc1cccc(Oc2cn[nH]c2-c2cc(Br)c(O)cc2O)c1C. The summed E-state index contributed by atoms with van der Waals surface area (Å²) in [6, 6.07) is 8.69. The number of rotatable bonds is 3. The summed E-state index contributed by atoms with van der Waals surface area (Å²) < 4.78 is 6.43. The molecule has 0 amide bonds. The third kappa shape index (κ3) is 2.90. The zero-order valence-electron chi connectivity index (χ0n) is 12.6. The third-order valence-corrected chi connectivity index (χ3v) is 4.35. The second kappa shape index (κ2) is 5.96. The molecule has 0 unspecified atom stereocenters. The molecule has 3 N–H and O–H groups in total. The molecule has 0 aliphatic heterocycles. The average Bonchev–Trinajstić information content (AvgIpc) is 2.96.